The first-order chi connectivity index (χ1) is 16.1. The molecule has 33 heavy (non-hydrogen) atoms. The van der Waals surface area contributed by atoms with Crippen LogP contribution in [-0.2, 0) is 6.42 Å². The fraction of sp³-hybridized carbons (Fsp3) is 0.348. The number of nitrogens with zero attached hydrogens (tertiary/aromatic N) is 4. The Hall–Kier alpha value is -3.40. The van der Waals surface area contributed by atoms with Crippen LogP contribution >= 0.6 is 11.3 Å². The monoisotopic (exact) mass is 468 g/mol. The van der Waals surface area contributed by atoms with Crippen LogP contribution in [0.5, 0.6) is 5.75 Å². The quantitative estimate of drug-likeness (QED) is 0.317. The van der Waals surface area contributed by atoms with Gasteiger partial charge in [0.05, 0.1) is 17.9 Å². The van der Waals surface area contributed by atoms with Crippen LogP contribution in [0.15, 0.2) is 35.3 Å². The SMILES string of the molecule is CCCCCCOc1ccc(-c2cc(-c3ncc(CC)s3)c(-c3nnn[nH]3)c(=O)[nH]2)c(F)c1. The van der Waals surface area contributed by atoms with Crippen LogP contribution in [0, 0.1) is 5.82 Å². The van der Waals surface area contributed by atoms with E-state index in [1.165, 1.54) is 17.4 Å². The van der Waals surface area contributed by atoms with Gasteiger partial charge in [-0.2, -0.15) is 0 Å². The first kappa shape index (κ1) is 22.8. The van der Waals surface area contributed by atoms with E-state index in [1.54, 1.807) is 24.4 Å². The molecule has 0 saturated carbocycles. The molecule has 0 bridgehead atoms. The summed E-state index contributed by atoms with van der Waals surface area (Å²) in [6.45, 7) is 4.73. The largest absolute Gasteiger partial charge is 0.493 e. The van der Waals surface area contributed by atoms with E-state index in [9.17, 15) is 4.79 Å². The number of rotatable bonds is 10. The molecule has 0 amide bonds. The highest BCUT2D eigenvalue weighted by Crippen LogP contribution is 2.34. The Morgan fingerprint density at radius 1 is 1.12 bits per heavy atom. The molecule has 0 unspecified atom stereocenters. The lowest BCUT2D eigenvalue weighted by Gasteiger charge is -2.11. The molecule has 0 saturated heterocycles. The zero-order valence-corrected chi connectivity index (χ0v) is 19.3. The van der Waals surface area contributed by atoms with Crippen molar-refractivity contribution in [3.63, 3.8) is 0 Å². The van der Waals surface area contributed by atoms with Crippen LogP contribution in [0.3, 0.4) is 0 Å². The number of hydrogen-bond acceptors (Lipinski definition) is 7. The Balaban J connectivity index is 1.69. The van der Waals surface area contributed by atoms with Crippen molar-refractivity contribution in [1.29, 1.82) is 0 Å². The highest BCUT2D eigenvalue weighted by atomic mass is 32.1. The molecule has 0 aliphatic carbocycles. The smallest absolute Gasteiger partial charge is 0.260 e. The molecule has 4 rings (SSSR count). The molecule has 8 nitrogen and oxygen atoms in total. The summed E-state index contributed by atoms with van der Waals surface area (Å²) in [4.78, 5) is 21.3. The van der Waals surface area contributed by atoms with Gasteiger partial charge in [-0.15, -0.1) is 16.4 Å². The van der Waals surface area contributed by atoms with Crippen molar-refractivity contribution in [3.8, 4) is 39.0 Å². The fourth-order valence-corrected chi connectivity index (χ4v) is 4.37. The summed E-state index contributed by atoms with van der Waals surface area (Å²) in [5.74, 6) is 0.204. The molecule has 3 heterocycles. The second kappa shape index (κ2) is 10.5. The van der Waals surface area contributed by atoms with Crippen molar-refractivity contribution in [2.24, 2.45) is 0 Å². The average Bonchev–Trinajstić information content (AvgIpc) is 3.51. The fourth-order valence-electron chi connectivity index (χ4n) is 3.49. The van der Waals surface area contributed by atoms with Crippen molar-refractivity contribution in [2.45, 2.75) is 46.0 Å². The van der Waals surface area contributed by atoms with Crippen LogP contribution in [0.25, 0.3) is 33.2 Å². The topological polar surface area (TPSA) is 109 Å². The molecule has 3 aromatic heterocycles. The van der Waals surface area contributed by atoms with Crippen molar-refractivity contribution >= 4 is 11.3 Å². The number of nitrogens with one attached hydrogen (secondary N) is 2. The lowest BCUT2D eigenvalue weighted by Crippen LogP contribution is -2.13. The number of unbranched alkanes of at least 4 members (excludes halogenated alkanes) is 3. The third-order valence-electron chi connectivity index (χ3n) is 5.25. The van der Waals surface area contributed by atoms with E-state index < -0.39 is 11.4 Å². The number of hydrogen-bond donors (Lipinski definition) is 2. The van der Waals surface area contributed by atoms with Gasteiger partial charge in [0, 0.05) is 28.3 Å². The maximum absolute atomic E-state index is 15.0. The van der Waals surface area contributed by atoms with Crippen LogP contribution < -0.4 is 10.3 Å². The maximum atomic E-state index is 15.0. The third-order valence-corrected chi connectivity index (χ3v) is 6.42. The van der Waals surface area contributed by atoms with Gasteiger partial charge >= 0.3 is 0 Å². The van der Waals surface area contributed by atoms with E-state index in [4.69, 9.17) is 4.74 Å². The first-order valence-electron chi connectivity index (χ1n) is 11.0. The number of aromatic amines is 2. The van der Waals surface area contributed by atoms with Gasteiger partial charge in [0.25, 0.3) is 5.56 Å². The number of H-pyrrole nitrogens is 2. The molecule has 1 aromatic carbocycles. The molecule has 4 aromatic rings. The van der Waals surface area contributed by atoms with E-state index in [1.807, 2.05) is 6.92 Å². The highest BCUT2D eigenvalue weighted by molar-refractivity contribution is 7.15. The predicted octanol–water partition coefficient (Wildman–Crippen LogP) is 5.01. The number of tetrazole rings is 1. The molecule has 0 radical (unpaired) electrons. The van der Waals surface area contributed by atoms with E-state index in [2.05, 4.69) is 37.5 Å². The average molecular weight is 469 g/mol. The Labute approximate surface area is 194 Å². The number of thiazole rings is 1. The number of benzene rings is 1. The van der Waals surface area contributed by atoms with Crippen LogP contribution in [0.4, 0.5) is 4.39 Å². The minimum atomic E-state index is -0.481. The minimum Gasteiger partial charge on any atom is -0.493 e. The van der Waals surface area contributed by atoms with Gasteiger partial charge in [0.2, 0.25) is 0 Å². The lowest BCUT2D eigenvalue weighted by molar-refractivity contribution is 0.303. The van der Waals surface area contributed by atoms with Gasteiger partial charge in [-0.25, -0.2) is 14.5 Å². The summed E-state index contributed by atoms with van der Waals surface area (Å²) in [7, 11) is 0. The molecule has 0 aliphatic rings. The number of aryl methyl sites for hydroxylation is 1. The summed E-state index contributed by atoms with van der Waals surface area (Å²) in [6, 6.07) is 6.38. The molecular formula is C23H25FN6O2S. The summed E-state index contributed by atoms with van der Waals surface area (Å²) in [5, 5.41) is 14.3. The molecule has 0 spiro atoms. The Kier molecular flexibility index (Phi) is 7.23. The van der Waals surface area contributed by atoms with Gasteiger partial charge in [0.1, 0.15) is 16.6 Å². The van der Waals surface area contributed by atoms with Crippen LogP contribution in [0.2, 0.25) is 0 Å². The summed E-state index contributed by atoms with van der Waals surface area (Å²) in [5.41, 5.74) is 0.957. The summed E-state index contributed by atoms with van der Waals surface area (Å²) >= 11 is 1.47. The summed E-state index contributed by atoms with van der Waals surface area (Å²) in [6.07, 6.45) is 6.92. The molecule has 0 aliphatic heterocycles. The van der Waals surface area contributed by atoms with Crippen molar-refractivity contribution < 1.29 is 9.13 Å². The zero-order chi connectivity index (χ0) is 23.2. The molecule has 0 atom stereocenters. The Morgan fingerprint density at radius 3 is 2.70 bits per heavy atom. The normalized spacial score (nSPS) is 11.1. The van der Waals surface area contributed by atoms with Gasteiger partial charge in [-0.3, -0.25) is 4.79 Å². The van der Waals surface area contributed by atoms with Gasteiger partial charge < -0.3 is 9.72 Å². The second-order valence-electron chi connectivity index (χ2n) is 7.59. The third kappa shape index (κ3) is 5.16. The van der Waals surface area contributed by atoms with E-state index >= 15 is 4.39 Å². The van der Waals surface area contributed by atoms with E-state index in [-0.39, 0.29) is 17.0 Å². The predicted molar refractivity (Wildman–Crippen MR) is 126 cm³/mol. The number of aromatic nitrogens is 6. The molecule has 10 heteroatoms. The highest BCUT2D eigenvalue weighted by Gasteiger charge is 2.20. The standard InChI is InChI=1S/C23H25FN6O2S/c1-3-5-6-7-10-32-14-8-9-16(18(24)11-14)19-12-17(23-25-13-15(4-2)33-23)20(22(31)26-19)21-27-29-30-28-21/h8-9,11-13H,3-7,10H2,1-2H3,(H,26,31)(H,27,28,29,30). The summed E-state index contributed by atoms with van der Waals surface area (Å²) < 4.78 is 20.7. The molecule has 172 valence electrons. The number of halogens is 1. The van der Waals surface area contributed by atoms with Crippen molar-refractivity contribution in [1.82, 2.24) is 30.6 Å². The Bertz CT molecular complexity index is 1270. The zero-order valence-electron chi connectivity index (χ0n) is 18.5. The number of pyridine rings is 1. The van der Waals surface area contributed by atoms with Crippen molar-refractivity contribution in [2.75, 3.05) is 6.61 Å². The number of ether oxygens (including phenoxy) is 1. The second-order valence-corrected chi connectivity index (χ2v) is 8.70. The molecular weight excluding hydrogens is 443 g/mol. The minimum absolute atomic E-state index is 0.221. The van der Waals surface area contributed by atoms with E-state index in [0.29, 0.717) is 28.6 Å². The Morgan fingerprint density at radius 2 is 2.00 bits per heavy atom. The van der Waals surface area contributed by atoms with Crippen LogP contribution in [0.1, 0.15) is 44.4 Å². The van der Waals surface area contributed by atoms with Gasteiger partial charge in [0.15, 0.2) is 5.82 Å². The van der Waals surface area contributed by atoms with Crippen LogP contribution in [-0.4, -0.2) is 37.2 Å². The molecule has 0 fully saturated rings. The van der Waals surface area contributed by atoms with E-state index in [0.717, 1.165) is 37.0 Å². The van der Waals surface area contributed by atoms with Gasteiger partial charge in [-0.05, 0) is 41.5 Å². The molecule has 2 N–H and O–H groups in total. The van der Waals surface area contributed by atoms with Crippen molar-refractivity contribution in [3.05, 3.63) is 51.5 Å². The first-order valence-corrected chi connectivity index (χ1v) is 11.8. The lowest BCUT2D eigenvalue weighted by atomic mass is 10.0. The maximum Gasteiger partial charge on any atom is 0.260 e. The van der Waals surface area contributed by atoms with Gasteiger partial charge in [-0.1, -0.05) is 33.1 Å².